The third-order valence-corrected chi connectivity index (χ3v) is 2.83. The molecule has 0 unspecified atom stereocenters. The maximum Gasteiger partial charge on any atom is 0.129 e. The largest absolute Gasteiger partial charge is 0.397 e. The third kappa shape index (κ3) is 2.31. The van der Waals surface area contributed by atoms with Gasteiger partial charge in [0.05, 0.1) is 11.4 Å². The number of H-pyrrole nitrogens is 1. The summed E-state index contributed by atoms with van der Waals surface area (Å²) in [6, 6.07) is 5.41. The first-order valence-electron chi connectivity index (χ1n) is 5.56. The predicted molar refractivity (Wildman–Crippen MR) is 77.5 cm³/mol. The minimum Gasteiger partial charge on any atom is -0.397 e. The van der Waals surface area contributed by atoms with Crippen molar-refractivity contribution in [2.75, 3.05) is 5.73 Å². The quantitative estimate of drug-likeness (QED) is 0.812. The fourth-order valence-corrected chi connectivity index (χ4v) is 1.92. The lowest BCUT2D eigenvalue weighted by molar-refractivity contribution is 1.26. The number of aromatic amines is 1. The molecular formula is C14H14ClN3. The van der Waals surface area contributed by atoms with Crippen molar-refractivity contribution >= 4 is 29.4 Å². The number of hydrogen-bond acceptors (Lipinski definition) is 2. The molecule has 2 aromatic rings. The number of allylic oxidation sites excluding steroid dienone is 1. The molecule has 4 heteroatoms. The molecule has 92 valence electrons. The van der Waals surface area contributed by atoms with E-state index in [2.05, 4.69) is 16.5 Å². The Morgan fingerprint density at radius 1 is 1.44 bits per heavy atom. The average molecular weight is 260 g/mol. The van der Waals surface area contributed by atoms with Crippen molar-refractivity contribution < 1.29 is 0 Å². The lowest BCUT2D eigenvalue weighted by Crippen LogP contribution is -2.20. The van der Waals surface area contributed by atoms with Crippen LogP contribution in [0.4, 0.5) is 5.69 Å². The van der Waals surface area contributed by atoms with Crippen LogP contribution in [0.1, 0.15) is 6.92 Å². The van der Waals surface area contributed by atoms with Gasteiger partial charge in [0.1, 0.15) is 10.8 Å². The second-order valence-corrected chi connectivity index (χ2v) is 4.20. The fraction of sp³-hybridized carbons (Fsp3) is 0.0714. The van der Waals surface area contributed by atoms with E-state index >= 15 is 0 Å². The molecule has 2 heterocycles. The zero-order valence-corrected chi connectivity index (χ0v) is 10.8. The molecule has 0 spiro atoms. The molecule has 0 aromatic carbocycles. The predicted octanol–water partition coefficient (Wildman–Crippen LogP) is 2.08. The Kier molecular flexibility index (Phi) is 3.53. The van der Waals surface area contributed by atoms with Crippen LogP contribution < -0.4 is 16.3 Å². The molecule has 0 aliphatic rings. The number of rotatable bonds is 2. The molecule has 2 rings (SSSR count). The number of aromatic nitrogens is 2. The first kappa shape index (κ1) is 12.5. The highest BCUT2D eigenvalue weighted by molar-refractivity contribution is 6.29. The molecule has 3 N–H and O–H groups in total. The van der Waals surface area contributed by atoms with Gasteiger partial charge < -0.3 is 10.7 Å². The van der Waals surface area contributed by atoms with Gasteiger partial charge >= 0.3 is 0 Å². The van der Waals surface area contributed by atoms with E-state index in [1.807, 2.05) is 25.1 Å². The fourth-order valence-electron chi connectivity index (χ4n) is 1.77. The van der Waals surface area contributed by atoms with Crippen LogP contribution >= 0.6 is 11.6 Å². The van der Waals surface area contributed by atoms with Gasteiger partial charge in [-0.3, -0.25) is 0 Å². The highest BCUT2D eigenvalue weighted by atomic mass is 35.5. The maximum absolute atomic E-state index is 5.91. The lowest BCUT2D eigenvalue weighted by Gasteiger charge is -2.02. The van der Waals surface area contributed by atoms with Crippen molar-refractivity contribution in [1.29, 1.82) is 0 Å². The minimum absolute atomic E-state index is 0.421. The molecule has 0 bridgehead atoms. The van der Waals surface area contributed by atoms with Crippen LogP contribution in [0.2, 0.25) is 5.15 Å². The van der Waals surface area contributed by atoms with Crippen molar-refractivity contribution in [3.63, 3.8) is 0 Å². The van der Waals surface area contributed by atoms with E-state index in [4.69, 9.17) is 17.3 Å². The number of nitrogens with two attached hydrogens (primary N) is 1. The highest BCUT2D eigenvalue weighted by Gasteiger charge is 2.07. The Labute approximate surface area is 110 Å². The summed E-state index contributed by atoms with van der Waals surface area (Å²) in [5.74, 6) is 0. The van der Waals surface area contributed by atoms with Crippen LogP contribution in [0.25, 0.3) is 23.5 Å². The number of nitrogens with zero attached hydrogens (tertiary/aromatic N) is 1. The Balaban J connectivity index is 2.69. The van der Waals surface area contributed by atoms with Crippen molar-refractivity contribution in [3.8, 4) is 11.4 Å². The van der Waals surface area contributed by atoms with E-state index in [1.165, 1.54) is 0 Å². The summed E-state index contributed by atoms with van der Waals surface area (Å²) in [7, 11) is 0. The van der Waals surface area contributed by atoms with Crippen LogP contribution in [0, 0.1) is 0 Å². The van der Waals surface area contributed by atoms with Gasteiger partial charge in [-0.05, 0) is 36.4 Å². The third-order valence-electron chi connectivity index (χ3n) is 2.62. The van der Waals surface area contributed by atoms with Crippen LogP contribution in [-0.2, 0) is 0 Å². The maximum atomic E-state index is 5.91. The van der Waals surface area contributed by atoms with Gasteiger partial charge in [-0.1, -0.05) is 30.3 Å². The molecule has 18 heavy (non-hydrogen) atoms. The summed E-state index contributed by atoms with van der Waals surface area (Å²) in [5.41, 5.74) is 8.01. The van der Waals surface area contributed by atoms with Gasteiger partial charge in [-0.15, -0.1) is 0 Å². The topological polar surface area (TPSA) is 54.7 Å². The summed E-state index contributed by atoms with van der Waals surface area (Å²) in [6.07, 6.45) is 5.65. The molecule has 0 saturated heterocycles. The van der Waals surface area contributed by atoms with Gasteiger partial charge in [0.2, 0.25) is 0 Å². The summed E-state index contributed by atoms with van der Waals surface area (Å²) in [5, 5.41) is 2.47. The van der Waals surface area contributed by atoms with Gasteiger partial charge in [0.15, 0.2) is 0 Å². The van der Waals surface area contributed by atoms with Gasteiger partial charge in [0.25, 0.3) is 0 Å². The van der Waals surface area contributed by atoms with E-state index in [-0.39, 0.29) is 0 Å². The number of pyridine rings is 1. The Morgan fingerprint density at radius 2 is 2.22 bits per heavy atom. The van der Waals surface area contributed by atoms with Gasteiger partial charge in [0, 0.05) is 5.35 Å². The molecule has 0 aliphatic carbocycles. The van der Waals surface area contributed by atoms with Crippen LogP contribution in [0.15, 0.2) is 30.9 Å². The Bertz CT molecular complexity index is 698. The first-order chi connectivity index (χ1) is 8.65. The first-order valence-corrected chi connectivity index (χ1v) is 5.94. The monoisotopic (exact) mass is 259 g/mol. The Hall–Kier alpha value is -2.00. The molecule has 2 aromatic heterocycles. The molecule has 0 aliphatic heterocycles. The minimum atomic E-state index is 0.421. The smallest absolute Gasteiger partial charge is 0.129 e. The van der Waals surface area contributed by atoms with E-state index in [0.29, 0.717) is 16.5 Å². The molecule has 0 fully saturated rings. The molecule has 0 radical (unpaired) electrons. The zero-order valence-electron chi connectivity index (χ0n) is 10.1. The Morgan fingerprint density at radius 3 is 2.89 bits per heavy atom. The standard InChI is InChI=1S/C14H14ClN3/c1-3-5-11-9(4-2)8-12(17-11)14-10(16)6-7-13(15)18-14/h3-8,17H,1,16H2,2H3/b9-4-,11-5+. The van der Waals surface area contributed by atoms with Gasteiger partial charge in [-0.25, -0.2) is 4.98 Å². The molecule has 3 nitrogen and oxygen atoms in total. The average Bonchev–Trinajstić information content (AvgIpc) is 2.76. The van der Waals surface area contributed by atoms with Crippen molar-refractivity contribution in [2.45, 2.75) is 6.92 Å². The van der Waals surface area contributed by atoms with E-state index < -0.39 is 0 Å². The highest BCUT2D eigenvalue weighted by Crippen LogP contribution is 2.22. The van der Waals surface area contributed by atoms with E-state index in [9.17, 15) is 0 Å². The molecule has 0 saturated carbocycles. The summed E-state index contributed by atoms with van der Waals surface area (Å²) in [4.78, 5) is 7.51. The van der Waals surface area contributed by atoms with Crippen LogP contribution in [-0.4, -0.2) is 9.97 Å². The molecule has 0 atom stereocenters. The SMILES string of the molecule is C=C/C=c1/[nH]c(-c2nc(Cl)ccc2N)c/c1=C/C. The molecular weight excluding hydrogens is 246 g/mol. The van der Waals surface area contributed by atoms with E-state index in [0.717, 1.165) is 16.3 Å². The number of hydrogen-bond donors (Lipinski definition) is 2. The zero-order chi connectivity index (χ0) is 13.1. The normalized spacial score (nSPS) is 13.0. The van der Waals surface area contributed by atoms with Crippen molar-refractivity contribution in [1.82, 2.24) is 9.97 Å². The summed E-state index contributed by atoms with van der Waals surface area (Å²) in [6.45, 7) is 5.67. The van der Waals surface area contributed by atoms with Crippen molar-refractivity contribution in [2.24, 2.45) is 0 Å². The lowest BCUT2D eigenvalue weighted by atomic mass is 10.2. The summed E-state index contributed by atoms with van der Waals surface area (Å²) >= 11 is 5.90. The van der Waals surface area contributed by atoms with Gasteiger partial charge in [-0.2, -0.15) is 0 Å². The summed E-state index contributed by atoms with van der Waals surface area (Å²) < 4.78 is 0. The van der Waals surface area contributed by atoms with Crippen molar-refractivity contribution in [3.05, 3.63) is 46.6 Å². The van der Waals surface area contributed by atoms with Crippen LogP contribution in [0.3, 0.4) is 0 Å². The second-order valence-electron chi connectivity index (χ2n) is 3.81. The number of halogens is 1. The number of anilines is 1. The molecule has 0 amide bonds. The second kappa shape index (κ2) is 5.10. The van der Waals surface area contributed by atoms with E-state index in [1.54, 1.807) is 18.2 Å². The van der Waals surface area contributed by atoms with Crippen LogP contribution in [0.5, 0.6) is 0 Å². The number of nitrogen functional groups attached to an aromatic ring is 1. The number of nitrogens with one attached hydrogen (secondary N) is 1.